The molecule has 0 aliphatic carbocycles. The molecule has 2 rings (SSSR count). The molecule has 0 bridgehead atoms. The van der Waals surface area contributed by atoms with Crippen molar-refractivity contribution in [3.05, 3.63) is 33.1 Å². The molecule has 1 aromatic rings. The van der Waals surface area contributed by atoms with E-state index in [2.05, 4.69) is 8.83 Å². The zero-order valence-electron chi connectivity index (χ0n) is 14.0. The summed E-state index contributed by atoms with van der Waals surface area (Å²) in [5.74, 6) is -0.852. The van der Waals surface area contributed by atoms with E-state index in [1.165, 1.54) is 0 Å². The molecule has 158 valence electrons. The van der Waals surface area contributed by atoms with E-state index in [1.54, 1.807) is 0 Å². The summed E-state index contributed by atoms with van der Waals surface area (Å²) < 4.78 is 41.1. The zero-order valence-corrected chi connectivity index (χ0v) is 15.8. The number of hydrogen-bond donors (Lipinski definition) is 5. The highest BCUT2D eigenvalue weighted by Gasteiger charge is 2.48. The van der Waals surface area contributed by atoms with E-state index in [1.807, 2.05) is 4.98 Å². The number of aromatic amines is 1. The number of rotatable bonds is 7. The van der Waals surface area contributed by atoms with Crippen molar-refractivity contribution in [3.8, 4) is 0 Å². The van der Waals surface area contributed by atoms with Crippen LogP contribution in [0.1, 0.15) is 13.2 Å². The number of esters is 1. The van der Waals surface area contributed by atoms with Crippen molar-refractivity contribution < 1.29 is 52.0 Å². The topological polar surface area (TPSA) is 224 Å². The fourth-order valence-electron chi connectivity index (χ4n) is 2.35. The van der Waals surface area contributed by atoms with Crippen LogP contribution in [0.15, 0.2) is 21.9 Å². The van der Waals surface area contributed by atoms with E-state index < -0.39 is 64.0 Å². The highest BCUT2D eigenvalue weighted by Crippen LogP contribution is 2.57. The summed E-state index contributed by atoms with van der Waals surface area (Å²) in [5, 5.41) is 10.3. The van der Waals surface area contributed by atoms with Gasteiger partial charge in [0.1, 0.15) is 12.2 Å². The second kappa shape index (κ2) is 8.37. The Morgan fingerprint density at radius 1 is 1.32 bits per heavy atom. The van der Waals surface area contributed by atoms with Gasteiger partial charge in [0.25, 0.3) is 5.56 Å². The first kappa shape index (κ1) is 22.6. The third-order valence-electron chi connectivity index (χ3n) is 3.35. The summed E-state index contributed by atoms with van der Waals surface area (Å²) >= 11 is 0. The van der Waals surface area contributed by atoms with Gasteiger partial charge in [-0.25, -0.2) is 13.9 Å². The van der Waals surface area contributed by atoms with Gasteiger partial charge in [-0.05, 0) is 0 Å². The smallest absolute Gasteiger partial charge is 0.455 e. The maximum Gasteiger partial charge on any atom is 0.481 e. The Labute approximate surface area is 155 Å². The van der Waals surface area contributed by atoms with Gasteiger partial charge in [-0.1, -0.05) is 0 Å². The maximum absolute atomic E-state index is 11.9. The van der Waals surface area contributed by atoms with E-state index in [4.69, 9.17) is 19.3 Å². The molecular weight excluding hydrogens is 430 g/mol. The van der Waals surface area contributed by atoms with Crippen LogP contribution in [0.4, 0.5) is 0 Å². The number of H-pyrrole nitrogens is 1. The second-order valence-corrected chi connectivity index (χ2v) is 8.31. The molecule has 5 atom stereocenters. The van der Waals surface area contributed by atoms with Crippen LogP contribution in [0.3, 0.4) is 0 Å². The number of hydrogen-bond acceptors (Lipinski definition) is 10. The zero-order chi connectivity index (χ0) is 21.3. The monoisotopic (exact) mass is 446 g/mol. The van der Waals surface area contributed by atoms with Crippen molar-refractivity contribution in [1.29, 1.82) is 0 Å². The average Bonchev–Trinajstić information content (AvgIpc) is 2.79. The molecule has 15 nitrogen and oxygen atoms in total. The van der Waals surface area contributed by atoms with Crippen LogP contribution in [0.5, 0.6) is 0 Å². The van der Waals surface area contributed by atoms with Gasteiger partial charge in [-0.2, -0.15) is 4.31 Å². The lowest BCUT2D eigenvalue weighted by atomic mass is 10.1. The van der Waals surface area contributed by atoms with E-state index in [-0.39, 0.29) is 0 Å². The third kappa shape index (κ3) is 5.91. The molecule has 0 aromatic carbocycles. The van der Waals surface area contributed by atoms with Gasteiger partial charge in [0, 0.05) is 19.2 Å². The average molecular weight is 446 g/mol. The van der Waals surface area contributed by atoms with E-state index in [0.29, 0.717) is 0 Å². The van der Waals surface area contributed by atoms with Crippen molar-refractivity contribution in [2.24, 2.45) is 0 Å². The van der Waals surface area contributed by atoms with E-state index >= 15 is 0 Å². The van der Waals surface area contributed by atoms with Gasteiger partial charge < -0.3 is 29.3 Å². The first-order chi connectivity index (χ1) is 12.8. The summed E-state index contributed by atoms with van der Waals surface area (Å²) in [4.78, 5) is 62.7. The number of phosphoric ester groups is 1. The molecule has 1 fully saturated rings. The molecule has 2 unspecified atom stereocenters. The molecule has 0 radical (unpaired) electrons. The summed E-state index contributed by atoms with van der Waals surface area (Å²) in [5.41, 5.74) is -1.68. The lowest BCUT2D eigenvalue weighted by Crippen LogP contribution is -2.40. The Morgan fingerprint density at radius 2 is 1.96 bits per heavy atom. The molecular formula is C11H16N2O13P2. The molecule has 1 aromatic heterocycles. The molecule has 1 aliphatic rings. The molecule has 1 aliphatic heterocycles. The van der Waals surface area contributed by atoms with Crippen molar-refractivity contribution in [3.63, 3.8) is 0 Å². The Morgan fingerprint density at radius 3 is 2.50 bits per heavy atom. The summed E-state index contributed by atoms with van der Waals surface area (Å²) in [6.07, 6.45) is -5.07. The predicted octanol–water partition coefficient (Wildman–Crippen LogP) is -2.05. The fraction of sp³-hybridized carbons (Fsp3) is 0.545. The first-order valence-electron chi connectivity index (χ1n) is 7.35. The lowest BCUT2D eigenvalue weighted by molar-refractivity contribution is -0.156. The number of ether oxygens (including phenoxy) is 2. The number of aliphatic hydroxyl groups excluding tert-OH is 1. The van der Waals surface area contributed by atoms with Crippen molar-refractivity contribution in [2.75, 3.05) is 6.61 Å². The third-order valence-corrected chi connectivity index (χ3v) is 5.50. The van der Waals surface area contributed by atoms with Gasteiger partial charge in [0.15, 0.2) is 12.3 Å². The number of aromatic nitrogens is 2. The van der Waals surface area contributed by atoms with Crippen molar-refractivity contribution in [2.45, 2.75) is 31.5 Å². The second-order valence-electron chi connectivity index (χ2n) is 5.48. The molecule has 0 saturated carbocycles. The van der Waals surface area contributed by atoms with Crippen molar-refractivity contribution in [1.82, 2.24) is 9.55 Å². The van der Waals surface area contributed by atoms with Gasteiger partial charge in [0.2, 0.25) is 0 Å². The normalized spacial score (nSPS) is 27.3. The van der Waals surface area contributed by atoms with Crippen LogP contribution in [-0.4, -0.2) is 60.2 Å². The maximum atomic E-state index is 11.9. The standard InChI is InChI=1S/C11H16N2O13P2/c1-5(14)24-9-8(16)6(4-23-28(21,22)26-27(18,19)20)25-10(9)13-3-2-7(15)12-11(13)17/h2-3,6,8-10,16H,4H2,1H3,(H,21,22)(H,12,15,17)(H2,18,19,20)/t6-,8?,9+,10-/m1/s1. The Hall–Kier alpha value is -1.67. The minimum Gasteiger partial charge on any atom is -0.455 e. The number of nitrogens with one attached hydrogen (secondary N) is 1. The largest absolute Gasteiger partial charge is 0.481 e. The Balaban J connectivity index is 2.22. The minimum atomic E-state index is -5.36. The predicted molar refractivity (Wildman–Crippen MR) is 85.7 cm³/mol. The molecule has 5 N–H and O–H groups in total. The van der Waals surface area contributed by atoms with Crippen LogP contribution >= 0.6 is 15.6 Å². The Bertz CT molecular complexity index is 935. The molecule has 0 amide bonds. The lowest BCUT2D eigenvalue weighted by Gasteiger charge is -2.21. The molecule has 2 heterocycles. The van der Waals surface area contributed by atoms with Crippen molar-refractivity contribution >= 4 is 21.6 Å². The van der Waals surface area contributed by atoms with Crippen LogP contribution in [0.2, 0.25) is 0 Å². The van der Waals surface area contributed by atoms with E-state index in [0.717, 1.165) is 23.8 Å². The summed E-state index contributed by atoms with van der Waals surface area (Å²) in [6.45, 7) is 0.0837. The van der Waals surface area contributed by atoms with Gasteiger partial charge in [-0.15, -0.1) is 0 Å². The fourth-order valence-corrected chi connectivity index (χ4v) is 3.95. The Kier molecular flexibility index (Phi) is 6.76. The van der Waals surface area contributed by atoms with Crippen LogP contribution in [0, 0.1) is 0 Å². The van der Waals surface area contributed by atoms with E-state index in [9.17, 15) is 33.5 Å². The molecule has 0 spiro atoms. The SMILES string of the molecule is CC(=O)O[C@H]1C(O)[C@@H](COP(=O)(O)OP(=O)(O)O)O[C@H]1n1ccc(=O)[nH]c1=O. The van der Waals surface area contributed by atoms with Gasteiger partial charge >= 0.3 is 27.3 Å². The first-order valence-corrected chi connectivity index (χ1v) is 10.4. The number of nitrogens with zero attached hydrogens (tertiary/aromatic N) is 1. The quantitative estimate of drug-likeness (QED) is 0.225. The number of carbonyl (C=O) groups excluding carboxylic acids is 1. The summed E-state index contributed by atoms with van der Waals surface area (Å²) in [6, 6.07) is 0.960. The molecule has 17 heteroatoms. The highest BCUT2D eigenvalue weighted by atomic mass is 31.3. The summed E-state index contributed by atoms with van der Waals surface area (Å²) in [7, 11) is -10.6. The van der Waals surface area contributed by atoms with Crippen LogP contribution in [0.25, 0.3) is 0 Å². The van der Waals surface area contributed by atoms with Gasteiger partial charge in [0.05, 0.1) is 6.61 Å². The number of phosphoric acid groups is 2. The molecule has 28 heavy (non-hydrogen) atoms. The van der Waals surface area contributed by atoms with Gasteiger partial charge in [-0.3, -0.25) is 23.7 Å². The minimum absolute atomic E-state index is 0.723. The number of carbonyl (C=O) groups is 1. The van der Waals surface area contributed by atoms with Crippen LogP contribution in [-0.2, 0) is 32.2 Å². The highest BCUT2D eigenvalue weighted by molar-refractivity contribution is 7.60. The number of aliphatic hydroxyl groups is 1. The molecule has 1 saturated heterocycles. The van der Waals surface area contributed by atoms with Crippen LogP contribution < -0.4 is 11.2 Å².